The second-order valence-corrected chi connectivity index (χ2v) is 9.53. The number of sulfone groups is 1. The van der Waals surface area contributed by atoms with Gasteiger partial charge >= 0.3 is 0 Å². The standard InChI is InChI=1S/C14H28N2O2S/c1-5-12-8-15-13(11-6-7-11)9-16(12)10-14(2,3)19(4,17)18/h11-13,15H,5-10H2,1-4H3. The zero-order chi connectivity index (χ0) is 14.3. The quantitative estimate of drug-likeness (QED) is 0.828. The average Bonchev–Trinajstić information content (AvgIpc) is 3.10. The van der Waals surface area contributed by atoms with Crippen LogP contribution in [0.4, 0.5) is 0 Å². The molecule has 0 spiro atoms. The van der Waals surface area contributed by atoms with E-state index in [1.165, 1.54) is 19.1 Å². The van der Waals surface area contributed by atoms with E-state index in [1.54, 1.807) is 0 Å². The summed E-state index contributed by atoms with van der Waals surface area (Å²) in [6.45, 7) is 8.53. The monoisotopic (exact) mass is 288 g/mol. The van der Waals surface area contributed by atoms with E-state index < -0.39 is 14.6 Å². The Labute approximate surface area is 117 Å². The minimum Gasteiger partial charge on any atom is -0.311 e. The average molecular weight is 288 g/mol. The molecule has 2 aliphatic rings. The van der Waals surface area contributed by atoms with Crippen molar-refractivity contribution in [2.24, 2.45) is 5.92 Å². The van der Waals surface area contributed by atoms with E-state index in [0.29, 0.717) is 18.6 Å². The van der Waals surface area contributed by atoms with Crippen molar-refractivity contribution in [2.75, 3.05) is 25.9 Å². The molecule has 0 aromatic carbocycles. The van der Waals surface area contributed by atoms with Gasteiger partial charge < -0.3 is 5.32 Å². The molecule has 1 heterocycles. The van der Waals surface area contributed by atoms with Crippen LogP contribution in [0.25, 0.3) is 0 Å². The van der Waals surface area contributed by atoms with Gasteiger partial charge in [0.2, 0.25) is 0 Å². The molecular formula is C14H28N2O2S. The SMILES string of the molecule is CCC1CNC(C2CC2)CN1CC(C)(C)S(C)(=O)=O. The van der Waals surface area contributed by atoms with Crippen LogP contribution < -0.4 is 5.32 Å². The number of nitrogens with zero attached hydrogens (tertiary/aromatic N) is 1. The van der Waals surface area contributed by atoms with Crippen LogP contribution in [0.3, 0.4) is 0 Å². The fourth-order valence-electron chi connectivity index (χ4n) is 2.90. The molecule has 5 heteroatoms. The number of piperazine rings is 1. The van der Waals surface area contributed by atoms with Crippen molar-refractivity contribution in [2.45, 2.75) is 56.9 Å². The fourth-order valence-corrected chi connectivity index (χ4v) is 3.30. The predicted molar refractivity (Wildman–Crippen MR) is 79.1 cm³/mol. The van der Waals surface area contributed by atoms with Crippen molar-refractivity contribution in [1.82, 2.24) is 10.2 Å². The van der Waals surface area contributed by atoms with E-state index >= 15 is 0 Å². The first-order chi connectivity index (χ1) is 8.74. The molecule has 0 aromatic rings. The first-order valence-corrected chi connectivity index (χ1v) is 9.31. The second-order valence-electron chi connectivity index (χ2n) is 6.88. The molecule has 1 saturated heterocycles. The van der Waals surface area contributed by atoms with Gasteiger partial charge in [-0.15, -0.1) is 0 Å². The number of hydrogen-bond donors (Lipinski definition) is 1. The summed E-state index contributed by atoms with van der Waals surface area (Å²) in [6.07, 6.45) is 5.09. The van der Waals surface area contributed by atoms with Gasteiger partial charge in [-0.25, -0.2) is 8.42 Å². The Balaban J connectivity index is 2.05. The molecule has 4 nitrogen and oxygen atoms in total. The van der Waals surface area contributed by atoms with Crippen LogP contribution in [0.15, 0.2) is 0 Å². The van der Waals surface area contributed by atoms with Crippen molar-refractivity contribution >= 4 is 9.84 Å². The van der Waals surface area contributed by atoms with Gasteiger partial charge in [0.05, 0.1) is 4.75 Å². The predicted octanol–water partition coefficient (Wildman–Crippen LogP) is 1.27. The zero-order valence-corrected chi connectivity index (χ0v) is 13.5. The lowest BCUT2D eigenvalue weighted by Gasteiger charge is -2.43. The van der Waals surface area contributed by atoms with Gasteiger partial charge in [-0.3, -0.25) is 4.90 Å². The lowest BCUT2D eigenvalue weighted by molar-refractivity contribution is 0.110. The van der Waals surface area contributed by atoms with Crippen LogP contribution in [-0.4, -0.2) is 56.0 Å². The molecule has 2 rings (SSSR count). The molecule has 1 saturated carbocycles. The summed E-state index contributed by atoms with van der Waals surface area (Å²) in [5, 5.41) is 3.65. The van der Waals surface area contributed by atoms with Crippen molar-refractivity contribution < 1.29 is 8.42 Å². The molecule has 1 aliphatic carbocycles. The molecule has 0 radical (unpaired) electrons. The van der Waals surface area contributed by atoms with E-state index in [-0.39, 0.29) is 0 Å². The largest absolute Gasteiger partial charge is 0.311 e. The summed E-state index contributed by atoms with van der Waals surface area (Å²) in [5.74, 6) is 0.821. The molecule has 2 fully saturated rings. The maximum absolute atomic E-state index is 11.9. The summed E-state index contributed by atoms with van der Waals surface area (Å²) in [5.41, 5.74) is 0. The Morgan fingerprint density at radius 2 is 1.95 bits per heavy atom. The van der Waals surface area contributed by atoms with Gasteiger partial charge in [0.1, 0.15) is 0 Å². The lowest BCUT2D eigenvalue weighted by Crippen LogP contribution is -2.60. The Morgan fingerprint density at radius 3 is 2.42 bits per heavy atom. The van der Waals surface area contributed by atoms with Gasteiger partial charge in [0, 0.05) is 38.0 Å². The van der Waals surface area contributed by atoms with Crippen LogP contribution in [0, 0.1) is 5.92 Å². The highest BCUT2D eigenvalue weighted by Crippen LogP contribution is 2.35. The molecule has 0 aromatic heterocycles. The van der Waals surface area contributed by atoms with Gasteiger partial charge in [0.15, 0.2) is 9.84 Å². The highest BCUT2D eigenvalue weighted by Gasteiger charge is 2.40. The van der Waals surface area contributed by atoms with Crippen molar-refractivity contribution in [3.63, 3.8) is 0 Å². The van der Waals surface area contributed by atoms with Crippen LogP contribution in [0.2, 0.25) is 0 Å². The Hall–Kier alpha value is -0.130. The smallest absolute Gasteiger partial charge is 0.153 e. The minimum atomic E-state index is -3.02. The van der Waals surface area contributed by atoms with Gasteiger partial charge in [0.25, 0.3) is 0 Å². The highest BCUT2D eigenvalue weighted by atomic mass is 32.2. The van der Waals surface area contributed by atoms with E-state index in [4.69, 9.17) is 0 Å². The maximum atomic E-state index is 11.9. The molecule has 0 bridgehead atoms. The van der Waals surface area contributed by atoms with Gasteiger partial charge in [-0.05, 0) is 39.0 Å². The third kappa shape index (κ3) is 3.50. The van der Waals surface area contributed by atoms with Crippen LogP contribution in [-0.2, 0) is 9.84 Å². The van der Waals surface area contributed by atoms with Crippen LogP contribution >= 0.6 is 0 Å². The third-order valence-electron chi connectivity index (χ3n) is 4.81. The summed E-state index contributed by atoms with van der Waals surface area (Å²) in [4.78, 5) is 2.40. The third-order valence-corrected chi connectivity index (χ3v) is 6.95. The molecule has 2 unspecified atom stereocenters. The summed E-state index contributed by atoms with van der Waals surface area (Å²) in [6, 6.07) is 1.04. The van der Waals surface area contributed by atoms with E-state index in [9.17, 15) is 8.42 Å². The van der Waals surface area contributed by atoms with E-state index in [2.05, 4.69) is 17.1 Å². The first kappa shape index (κ1) is 15.3. The molecule has 2 atom stereocenters. The highest BCUT2D eigenvalue weighted by molar-refractivity contribution is 7.92. The summed E-state index contributed by atoms with van der Waals surface area (Å²) in [7, 11) is -3.02. The maximum Gasteiger partial charge on any atom is 0.153 e. The zero-order valence-electron chi connectivity index (χ0n) is 12.6. The summed E-state index contributed by atoms with van der Waals surface area (Å²) < 4.78 is 23.2. The topological polar surface area (TPSA) is 49.4 Å². The minimum absolute atomic E-state index is 0.469. The van der Waals surface area contributed by atoms with Crippen molar-refractivity contribution in [1.29, 1.82) is 0 Å². The molecule has 0 amide bonds. The normalized spacial score (nSPS) is 30.5. The second kappa shape index (κ2) is 5.34. The molecule has 19 heavy (non-hydrogen) atoms. The molecule has 112 valence electrons. The van der Waals surface area contributed by atoms with Crippen molar-refractivity contribution in [3.05, 3.63) is 0 Å². The van der Waals surface area contributed by atoms with E-state index in [1.807, 2.05) is 13.8 Å². The molecule has 1 N–H and O–H groups in total. The van der Waals surface area contributed by atoms with Crippen LogP contribution in [0.1, 0.15) is 40.0 Å². The van der Waals surface area contributed by atoms with Crippen molar-refractivity contribution in [3.8, 4) is 0 Å². The van der Waals surface area contributed by atoms with Crippen LogP contribution in [0.5, 0.6) is 0 Å². The Morgan fingerprint density at radius 1 is 1.32 bits per heavy atom. The summed E-state index contributed by atoms with van der Waals surface area (Å²) >= 11 is 0. The Kier molecular flexibility index (Phi) is 4.29. The molecule has 1 aliphatic heterocycles. The number of rotatable bonds is 5. The van der Waals surface area contributed by atoms with Gasteiger partial charge in [-0.1, -0.05) is 6.92 Å². The lowest BCUT2D eigenvalue weighted by atomic mass is 10.0. The fraction of sp³-hybridized carbons (Fsp3) is 1.00. The Bertz CT molecular complexity index is 415. The number of nitrogens with one attached hydrogen (secondary N) is 1. The first-order valence-electron chi connectivity index (χ1n) is 7.41. The van der Waals surface area contributed by atoms with E-state index in [0.717, 1.165) is 25.4 Å². The van der Waals surface area contributed by atoms with Gasteiger partial charge in [-0.2, -0.15) is 0 Å². The number of hydrogen-bond acceptors (Lipinski definition) is 4. The molecular weight excluding hydrogens is 260 g/mol.